The number of halogens is 1. The molecule has 0 N–H and O–H groups in total. The van der Waals surface area contributed by atoms with E-state index in [0.717, 1.165) is 10.1 Å². The highest BCUT2D eigenvalue weighted by Gasteiger charge is 2.27. The average molecular weight is 348 g/mol. The van der Waals surface area contributed by atoms with Crippen LogP contribution in [0.3, 0.4) is 0 Å². The molecule has 1 aromatic heterocycles. The molecule has 0 saturated carbocycles. The number of hydrogen-bond acceptors (Lipinski definition) is 5. The number of thiophene rings is 1. The number of carbonyl (C=O) groups is 2. The molecule has 7 heteroatoms. The second-order valence-electron chi connectivity index (χ2n) is 4.88. The normalized spacial score (nSPS) is 16.0. The lowest BCUT2D eigenvalue weighted by atomic mass is 9.97. The minimum atomic E-state index is -0.161. The summed E-state index contributed by atoms with van der Waals surface area (Å²) in [5.41, 5.74) is 0. The van der Waals surface area contributed by atoms with E-state index in [4.69, 9.17) is 16.3 Å². The van der Waals surface area contributed by atoms with Crippen LogP contribution in [0, 0.1) is 5.92 Å². The third kappa shape index (κ3) is 4.90. The number of carbonyl (C=O) groups excluding carboxylic acids is 2. The predicted molar refractivity (Wildman–Crippen MR) is 86.8 cm³/mol. The van der Waals surface area contributed by atoms with Gasteiger partial charge in [-0.2, -0.15) is 0 Å². The molecule has 1 aliphatic heterocycles. The Balaban J connectivity index is 1.69. The summed E-state index contributed by atoms with van der Waals surface area (Å²) in [6, 6.07) is 3.87. The van der Waals surface area contributed by atoms with Crippen molar-refractivity contribution in [2.75, 3.05) is 26.0 Å². The molecule has 0 bridgehead atoms. The van der Waals surface area contributed by atoms with Crippen molar-refractivity contribution in [2.45, 2.75) is 18.6 Å². The quantitative estimate of drug-likeness (QED) is 0.768. The van der Waals surface area contributed by atoms with Gasteiger partial charge in [-0.3, -0.25) is 9.59 Å². The fraction of sp³-hybridized carbons (Fsp3) is 0.571. The molecule has 0 aliphatic carbocycles. The highest BCUT2D eigenvalue weighted by molar-refractivity contribution is 7.99. The molecule has 2 heterocycles. The first kappa shape index (κ1) is 16.6. The van der Waals surface area contributed by atoms with Crippen LogP contribution in [0.4, 0.5) is 0 Å². The molecule has 0 aromatic carbocycles. The van der Waals surface area contributed by atoms with Gasteiger partial charge in [0, 0.05) is 23.7 Å². The standard InChI is InChI=1S/C14H18ClNO3S2/c1-19-14(18)10-4-6-16(7-5-10)13(17)9-20-8-11-2-3-12(15)21-11/h2-3,10H,4-9H2,1H3. The Bertz CT molecular complexity index is 498. The van der Waals surface area contributed by atoms with Gasteiger partial charge in [0.15, 0.2) is 0 Å². The van der Waals surface area contributed by atoms with Crippen molar-refractivity contribution in [3.63, 3.8) is 0 Å². The summed E-state index contributed by atoms with van der Waals surface area (Å²) in [5.74, 6) is 1.21. The molecule has 2 rings (SSSR count). The molecule has 0 atom stereocenters. The highest BCUT2D eigenvalue weighted by atomic mass is 35.5. The average Bonchev–Trinajstić information content (AvgIpc) is 2.92. The number of ether oxygens (including phenoxy) is 1. The van der Waals surface area contributed by atoms with E-state index in [1.807, 2.05) is 17.0 Å². The number of amides is 1. The summed E-state index contributed by atoms with van der Waals surface area (Å²) in [6.45, 7) is 1.29. The summed E-state index contributed by atoms with van der Waals surface area (Å²) < 4.78 is 5.52. The Hall–Kier alpha value is -0.720. The number of nitrogens with zero attached hydrogens (tertiary/aromatic N) is 1. The maximum Gasteiger partial charge on any atom is 0.308 e. The Labute approximate surface area is 137 Å². The van der Waals surface area contributed by atoms with Crippen molar-refractivity contribution in [1.82, 2.24) is 4.90 Å². The third-order valence-corrected chi connectivity index (χ3v) is 5.86. The number of piperidine rings is 1. The van der Waals surface area contributed by atoms with Gasteiger partial charge in [-0.25, -0.2) is 0 Å². The van der Waals surface area contributed by atoms with Gasteiger partial charge in [-0.05, 0) is 25.0 Å². The van der Waals surface area contributed by atoms with Gasteiger partial charge in [0.25, 0.3) is 0 Å². The molecule has 1 aromatic rings. The molecule has 0 spiro atoms. The number of hydrogen-bond donors (Lipinski definition) is 0. The SMILES string of the molecule is COC(=O)C1CCN(C(=O)CSCc2ccc(Cl)s2)CC1. The lowest BCUT2D eigenvalue weighted by Crippen LogP contribution is -2.41. The first-order valence-electron chi connectivity index (χ1n) is 6.77. The Morgan fingerprint density at radius 2 is 2.14 bits per heavy atom. The van der Waals surface area contributed by atoms with Gasteiger partial charge in [0.2, 0.25) is 5.91 Å². The lowest BCUT2D eigenvalue weighted by Gasteiger charge is -2.30. The minimum Gasteiger partial charge on any atom is -0.469 e. The molecule has 1 amide bonds. The van der Waals surface area contributed by atoms with E-state index in [0.29, 0.717) is 31.7 Å². The third-order valence-electron chi connectivity index (χ3n) is 3.48. The number of methoxy groups -OCH3 is 1. The zero-order valence-electron chi connectivity index (χ0n) is 11.8. The molecular formula is C14H18ClNO3S2. The fourth-order valence-electron chi connectivity index (χ4n) is 2.29. The van der Waals surface area contributed by atoms with Crippen molar-refractivity contribution >= 4 is 46.6 Å². The van der Waals surface area contributed by atoms with E-state index in [1.54, 1.807) is 23.1 Å². The van der Waals surface area contributed by atoms with Crippen molar-refractivity contribution in [3.8, 4) is 0 Å². The monoisotopic (exact) mass is 347 g/mol. The number of thioether (sulfide) groups is 1. The smallest absolute Gasteiger partial charge is 0.308 e. The fourth-order valence-corrected chi connectivity index (χ4v) is 4.42. The molecule has 0 unspecified atom stereocenters. The topological polar surface area (TPSA) is 46.6 Å². The molecule has 1 saturated heterocycles. The van der Waals surface area contributed by atoms with Gasteiger partial charge < -0.3 is 9.64 Å². The number of esters is 1. The zero-order valence-corrected chi connectivity index (χ0v) is 14.2. The van der Waals surface area contributed by atoms with Crippen LogP contribution < -0.4 is 0 Å². The molecule has 116 valence electrons. The van der Waals surface area contributed by atoms with E-state index in [2.05, 4.69) is 0 Å². The summed E-state index contributed by atoms with van der Waals surface area (Å²) in [6.07, 6.45) is 1.40. The van der Waals surface area contributed by atoms with E-state index >= 15 is 0 Å². The van der Waals surface area contributed by atoms with Crippen LogP contribution in [0.15, 0.2) is 12.1 Å². The Morgan fingerprint density at radius 1 is 1.43 bits per heavy atom. The summed E-state index contributed by atoms with van der Waals surface area (Å²) in [7, 11) is 1.41. The first-order valence-corrected chi connectivity index (χ1v) is 9.12. The second kappa shape index (κ2) is 8.06. The first-order chi connectivity index (χ1) is 10.1. The maximum absolute atomic E-state index is 12.1. The lowest BCUT2D eigenvalue weighted by molar-refractivity contribution is -0.148. The van der Waals surface area contributed by atoms with Crippen molar-refractivity contribution in [1.29, 1.82) is 0 Å². The molecule has 1 fully saturated rings. The Kier molecular flexibility index (Phi) is 6.39. The minimum absolute atomic E-state index is 0.0556. The van der Waals surface area contributed by atoms with E-state index in [-0.39, 0.29) is 17.8 Å². The van der Waals surface area contributed by atoms with E-state index in [1.165, 1.54) is 12.0 Å². The Morgan fingerprint density at radius 3 is 2.71 bits per heavy atom. The van der Waals surface area contributed by atoms with Gasteiger partial charge >= 0.3 is 5.97 Å². The van der Waals surface area contributed by atoms with Crippen molar-refractivity contribution in [3.05, 3.63) is 21.3 Å². The largest absolute Gasteiger partial charge is 0.469 e. The van der Waals surface area contributed by atoms with Gasteiger partial charge in [0.05, 0.1) is 23.1 Å². The van der Waals surface area contributed by atoms with E-state index in [9.17, 15) is 9.59 Å². The van der Waals surface area contributed by atoms with Crippen LogP contribution in [0.1, 0.15) is 17.7 Å². The van der Waals surface area contributed by atoms with Crippen LogP contribution in [-0.4, -0.2) is 42.7 Å². The van der Waals surface area contributed by atoms with Crippen LogP contribution in [0.25, 0.3) is 0 Å². The molecule has 21 heavy (non-hydrogen) atoms. The van der Waals surface area contributed by atoms with Gasteiger partial charge in [-0.15, -0.1) is 23.1 Å². The highest BCUT2D eigenvalue weighted by Crippen LogP contribution is 2.25. The van der Waals surface area contributed by atoms with Gasteiger partial charge in [0.1, 0.15) is 0 Å². The van der Waals surface area contributed by atoms with Crippen LogP contribution in [0.5, 0.6) is 0 Å². The summed E-state index contributed by atoms with van der Waals surface area (Å²) in [4.78, 5) is 26.6. The van der Waals surface area contributed by atoms with Crippen LogP contribution in [-0.2, 0) is 20.1 Å². The van der Waals surface area contributed by atoms with E-state index < -0.39 is 0 Å². The maximum atomic E-state index is 12.1. The number of likely N-dealkylation sites (tertiary alicyclic amines) is 1. The van der Waals surface area contributed by atoms with Gasteiger partial charge in [-0.1, -0.05) is 11.6 Å². The molecule has 0 radical (unpaired) electrons. The van der Waals surface area contributed by atoms with Crippen molar-refractivity contribution < 1.29 is 14.3 Å². The van der Waals surface area contributed by atoms with Crippen LogP contribution >= 0.6 is 34.7 Å². The summed E-state index contributed by atoms with van der Waals surface area (Å²) in [5, 5.41) is 0. The molecular weight excluding hydrogens is 330 g/mol. The number of rotatable bonds is 5. The predicted octanol–water partition coefficient (Wildman–Crippen LogP) is 3.05. The van der Waals surface area contributed by atoms with Crippen LogP contribution in [0.2, 0.25) is 4.34 Å². The second-order valence-corrected chi connectivity index (χ2v) is 7.66. The zero-order chi connectivity index (χ0) is 15.2. The molecule has 1 aliphatic rings. The summed E-state index contributed by atoms with van der Waals surface area (Å²) >= 11 is 9.02. The van der Waals surface area contributed by atoms with Crippen molar-refractivity contribution in [2.24, 2.45) is 5.92 Å². The molecule has 4 nitrogen and oxygen atoms in total.